The van der Waals surface area contributed by atoms with Gasteiger partial charge in [0.15, 0.2) is 5.13 Å². The van der Waals surface area contributed by atoms with Crippen molar-refractivity contribution in [1.82, 2.24) is 9.88 Å². The van der Waals surface area contributed by atoms with Gasteiger partial charge < -0.3 is 4.90 Å². The molecule has 1 rings (SSSR count). The maximum absolute atomic E-state index is 11.9. The second-order valence-corrected chi connectivity index (χ2v) is 3.43. The summed E-state index contributed by atoms with van der Waals surface area (Å²) >= 11 is 1.23. The molecule has 14 heavy (non-hydrogen) atoms. The summed E-state index contributed by atoms with van der Waals surface area (Å²) in [7, 11) is 1.30. The smallest absolute Gasteiger partial charge is 0.322 e. The van der Waals surface area contributed by atoms with E-state index in [4.69, 9.17) is 0 Å². The van der Waals surface area contributed by atoms with Crippen LogP contribution in [-0.2, 0) is 0 Å². The van der Waals surface area contributed by atoms with Crippen molar-refractivity contribution in [1.29, 1.82) is 0 Å². The lowest BCUT2D eigenvalue weighted by Crippen LogP contribution is -2.34. The molecular formula is C7H9F2N3OS. The summed E-state index contributed by atoms with van der Waals surface area (Å²) in [5.41, 5.74) is 0. The van der Waals surface area contributed by atoms with Gasteiger partial charge in [0.2, 0.25) is 0 Å². The quantitative estimate of drug-likeness (QED) is 0.846. The molecule has 1 aromatic rings. The highest BCUT2D eigenvalue weighted by molar-refractivity contribution is 7.13. The average molecular weight is 221 g/mol. The number of anilines is 1. The Labute approximate surface area is 83.6 Å². The molecule has 0 bridgehead atoms. The van der Waals surface area contributed by atoms with Crippen LogP contribution in [0.4, 0.5) is 18.7 Å². The minimum Gasteiger partial charge on any atom is -0.322 e. The Kier molecular flexibility index (Phi) is 3.75. The van der Waals surface area contributed by atoms with Crippen molar-refractivity contribution in [2.75, 3.05) is 18.9 Å². The predicted molar refractivity (Wildman–Crippen MR) is 49.8 cm³/mol. The number of halogens is 2. The van der Waals surface area contributed by atoms with E-state index in [9.17, 15) is 13.6 Å². The van der Waals surface area contributed by atoms with Crippen LogP contribution in [0.15, 0.2) is 11.6 Å². The lowest BCUT2D eigenvalue weighted by molar-refractivity contribution is 0.111. The third-order valence-corrected chi connectivity index (χ3v) is 2.09. The Morgan fingerprint density at radius 1 is 1.79 bits per heavy atom. The SMILES string of the molecule is CN(CC(F)F)C(=O)Nc1nccs1. The first-order chi connectivity index (χ1) is 6.59. The number of nitrogens with one attached hydrogen (secondary N) is 1. The maximum Gasteiger partial charge on any atom is 0.323 e. The third kappa shape index (κ3) is 3.25. The number of rotatable bonds is 3. The van der Waals surface area contributed by atoms with Gasteiger partial charge in [0.25, 0.3) is 6.43 Å². The molecule has 0 saturated carbocycles. The first-order valence-electron chi connectivity index (χ1n) is 3.79. The van der Waals surface area contributed by atoms with Crippen LogP contribution < -0.4 is 5.32 Å². The summed E-state index contributed by atoms with van der Waals surface area (Å²) < 4.78 is 23.8. The summed E-state index contributed by atoms with van der Waals surface area (Å²) in [6.07, 6.45) is -1.00. The molecule has 0 saturated heterocycles. The number of alkyl halides is 2. The molecule has 1 N–H and O–H groups in total. The molecule has 0 unspecified atom stereocenters. The average Bonchev–Trinajstić information content (AvgIpc) is 2.55. The predicted octanol–water partition coefficient (Wildman–Crippen LogP) is 1.87. The van der Waals surface area contributed by atoms with Crippen molar-refractivity contribution in [2.24, 2.45) is 0 Å². The molecule has 0 aromatic carbocycles. The zero-order valence-electron chi connectivity index (χ0n) is 7.41. The number of urea groups is 1. The molecule has 78 valence electrons. The molecular weight excluding hydrogens is 212 g/mol. The number of aromatic nitrogens is 1. The van der Waals surface area contributed by atoms with E-state index in [-0.39, 0.29) is 0 Å². The molecule has 0 radical (unpaired) electrons. The van der Waals surface area contributed by atoms with E-state index in [0.717, 1.165) is 4.90 Å². The lowest BCUT2D eigenvalue weighted by atomic mass is 10.6. The summed E-state index contributed by atoms with van der Waals surface area (Å²) in [6.45, 7) is -0.586. The Balaban J connectivity index is 2.42. The zero-order valence-corrected chi connectivity index (χ0v) is 8.22. The molecule has 0 aliphatic carbocycles. The van der Waals surface area contributed by atoms with Crippen molar-refractivity contribution in [2.45, 2.75) is 6.43 Å². The molecule has 0 aliphatic heterocycles. The number of hydrogen-bond acceptors (Lipinski definition) is 3. The number of carbonyl (C=O) groups excluding carboxylic acids is 1. The summed E-state index contributed by atoms with van der Waals surface area (Å²) in [6, 6.07) is -0.583. The Morgan fingerprint density at radius 3 is 3.00 bits per heavy atom. The Hall–Kier alpha value is -1.24. The van der Waals surface area contributed by atoms with Gasteiger partial charge in [-0.2, -0.15) is 0 Å². The van der Waals surface area contributed by atoms with Gasteiger partial charge in [0, 0.05) is 18.6 Å². The molecule has 1 aromatic heterocycles. The van der Waals surface area contributed by atoms with Gasteiger partial charge in [-0.1, -0.05) is 0 Å². The molecule has 1 heterocycles. The Bertz CT molecular complexity index is 291. The van der Waals surface area contributed by atoms with Crippen molar-refractivity contribution in [3.63, 3.8) is 0 Å². The molecule has 0 aliphatic rings. The second-order valence-electron chi connectivity index (χ2n) is 2.54. The normalized spacial score (nSPS) is 10.3. The van der Waals surface area contributed by atoms with Crippen LogP contribution >= 0.6 is 11.3 Å². The number of amides is 2. The first-order valence-corrected chi connectivity index (χ1v) is 4.67. The van der Waals surface area contributed by atoms with Crippen LogP contribution in [-0.4, -0.2) is 35.9 Å². The van der Waals surface area contributed by atoms with E-state index < -0.39 is 19.0 Å². The summed E-state index contributed by atoms with van der Waals surface area (Å²) in [5, 5.41) is 4.47. The fourth-order valence-electron chi connectivity index (χ4n) is 0.762. The van der Waals surface area contributed by atoms with Crippen LogP contribution in [0, 0.1) is 0 Å². The lowest BCUT2D eigenvalue weighted by Gasteiger charge is -2.15. The van der Waals surface area contributed by atoms with Crippen LogP contribution in [0.25, 0.3) is 0 Å². The van der Waals surface area contributed by atoms with Crippen molar-refractivity contribution in [3.05, 3.63) is 11.6 Å². The van der Waals surface area contributed by atoms with Gasteiger partial charge >= 0.3 is 6.03 Å². The number of carbonyl (C=O) groups is 1. The monoisotopic (exact) mass is 221 g/mol. The summed E-state index contributed by atoms with van der Waals surface area (Å²) in [4.78, 5) is 15.9. The van der Waals surface area contributed by atoms with Crippen molar-refractivity contribution in [3.8, 4) is 0 Å². The van der Waals surface area contributed by atoms with Gasteiger partial charge in [-0.05, 0) is 0 Å². The second kappa shape index (κ2) is 4.85. The topological polar surface area (TPSA) is 45.2 Å². The molecule has 0 fully saturated rings. The van der Waals surface area contributed by atoms with E-state index in [0.29, 0.717) is 5.13 Å². The van der Waals surface area contributed by atoms with Gasteiger partial charge in [0.1, 0.15) is 0 Å². The van der Waals surface area contributed by atoms with Crippen LogP contribution in [0.2, 0.25) is 0 Å². The highest BCUT2D eigenvalue weighted by atomic mass is 32.1. The van der Waals surface area contributed by atoms with Crippen molar-refractivity contribution >= 4 is 22.5 Å². The fourth-order valence-corrected chi connectivity index (χ4v) is 1.28. The number of thiazole rings is 1. The van der Waals surface area contributed by atoms with E-state index in [1.165, 1.54) is 24.6 Å². The minimum absolute atomic E-state index is 0.399. The van der Waals surface area contributed by atoms with Gasteiger partial charge in [0.05, 0.1) is 6.54 Å². The van der Waals surface area contributed by atoms with E-state index in [1.807, 2.05) is 0 Å². The molecule has 4 nitrogen and oxygen atoms in total. The van der Waals surface area contributed by atoms with Gasteiger partial charge in [-0.15, -0.1) is 11.3 Å². The number of nitrogens with zero attached hydrogens (tertiary/aromatic N) is 2. The van der Waals surface area contributed by atoms with Crippen LogP contribution in [0.1, 0.15) is 0 Å². The van der Waals surface area contributed by atoms with Crippen LogP contribution in [0.5, 0.6) is 0 Å². The van der Waals surface area contributed by atoms with Crippen molar-refractivity contribution < 1.29 is 13.6 Å². The van der Waals surface area contributed by atoms with E-state index in [2.05, 4.69) is 10.3 Å². The summed E-state index contributed by atoms with van der Waals surface area (Å²) in [5.74, 6) is 0. The third-order valence-electron chi connectivity index (χ3n) is 1.40. The van der Waals surface area contributed by atoms with E-state index >= 15 is 0 Å². The highest BCUT2D eigenvalue weighted by Crippen LogP contribution is 2.10. The minimum atomic E-state index is -2.53. The van der Waals surface area contributed by atoms with E-state index in [1.54, 1.807) is 5.38 Å². The molecule has 0 spiro atoms. The largest absolute Gasteiger partial charge is 0.323 e. The molecule has 0 atom stereocenters. The standard InChI is InChI=1S/C7H9F2N3OS/c1-12(4-5(8)9)7(13)11-6-10-2-3-14-6/h2-3,5H,4H2,1H3,(H,10,11,13). The molecule has 7 heteroatoms. The highest BCUT2D eigenvalue weighted by Gasteiger charge is 2.14. The first kappa shape index (κ1) is 10.8. The maximum atomic E-state index is 11.9. The number of hydrogen-bond donors (Lipinski definition) is 1. The Morgan fingerprint density at radius 2 is 2.50 bits per heavy atom. The van der Waals surface area contributed by atoms with Crippen LogP contribution in [0.3, 0.4) is 0 Å². The zero-order chi connectivity index (χ0) is 10.6. The fraction of sp³-hybridized carbons (Fsp3) is 0.429. The van der Waals surface area contributed by atoms with Gasteiger partial charge in [-0.3, -0.25) is 5.32 Å². The van der Waals surface area contributed by atoms with Gasteiger partial charge in [-0.25, -0.2) is 18.6 Å². The molecule has 2 amide bonds.